The van der Waals surface area contributed by atoms with Crippen LogP contribution in [0.15, 0.2) is 0 Å². The van der Waals surface area contributed by atoms with Crippen molar-refractivity contribution in [2.75, 3.05) is 6.54 Å². The molecular formula is C5H10NO+. The lowest BCUT2D eigenvalue weighted by atomic mass is 10.6. The molecule has 0 aromatic carbocycles. The molecular weight excluding hydrogens is 90.1 g/mol. The third-order valence-electron chi connectivity index (χ3n) is 0.827. The van der Waals surface area contributed by atoms with Crippen LogP contribution in [-0.4, -0.2) is 23.7 Å². The molecule has 0 unspecified atom stereocenters. The Bertz CT molecular complexity index is 96.3. The molecule has 2 nitrogen and oxygen atoms in total. The molecule has 0 atom stereocenters. The highest BCUT2D eigenvalue weighted by Crippen LogP contribution is 1.69. The summed E-state index contributed by atoms with van der Waals surface area (Å²) in [5.74, 6) is 0.0162. The fraction of sp³-hybridized carbons (Fsp3) is 0.600. The predicted octanol–water partition coefficient (Wildman–Crippen LogP) is 0.266. The Balaban J connectivity index is 3.58. The Kier molecular flexibility index (Phi) is 2.27. The van der Waals surface area contributed by atoms with E-state index in [1.807, 2.05) is 6.92 Å². The van der Waals surface area contributed by atoms with Gasteiger partial charge in [-0.05, 0) is 6.92 Å². The van der Waals surface area contributed by atoms with Gasteiger partial charge in [0.05, 0.1) is 6.92 Å². The molecule has 0 spiro atoms. The number of rotatable bonds is 1. The van der Waals surface area contributed by atoms with Crippen LogP contribution >= 0.6 is 0 Å². The SMILES string of the molecule is C=[N+](CC)C(C)=O. The van der Waals surface area contributed by atoms with E-state index in [1.165, 1.54) is 11.5 Å². The van der Waals surface area contributed by atoms with Crippen molar-refractivity contribution in [3.63, 3.8) is 0 Å². The number of carbonyl (C=O) groups excluding carboxylic acids is 1. The summed E-state index contributed by atoms with van der Waals surface area (Å²) in [6.45, 7) is 7.51. The van der Waals surface area contributed by atoms with Crippen molar-refractivity contribution >= 4 is 12.6 Å². The molecule has 0 bridgehead atoms. The number of hydrogen-bond acceptors (Lipinski definition) is 1. The first-order valence-corrected chi connectivity index (χ1v) is 2.27. The average molecular weight is 100 g/mol. The zero-order chi connectivity index (χ0) is 5.86. The van der Waals surface area contributed by atoms with Crippen molar-refractivity contribution < 1.29 is 9.37 Å². The van der Waals surface area contributed by atoms with Gasteiger partial charge in [0.2, 0.25) is 0 Å². The summed E-state index contributed by atoms with van der Waals surface area (Å²) in [6.07, 6.45) is 0. The van der Waals surface area contributed by atoms with Gasteiger partial charge in [0.25, 0.3) is 0 Å². The maximum atomic E-state index is 10.2. The summed E-state index contributed by atoms with van der Waals surface area (Å²) in [5, 5.41) is 0. The standard InChI is InChI=1S/C5H10NO/c1-4-6(3)5(2)7/h3-4H2,1-2H3/q+1. The first-order chi connectivity index (χ1) is 3.18. The summed E-state index contributed by atoms with van der Waals surface area (Å²) >= 11 is 0. The van der Waals surface area contributed by atoms with Crippen LogP contribution < -0.4 is 0 Å². The lowest BCUT2D eigenvalue weighted by molar-refractivity contribution is -0.435. The average Bonchev–Trinajstić information content (AvgIpc) is 1.65. The van der Waals surface area contributed by atoms with Gasteiger partial charge in [0, 0.05) is 0 Å². The van der Waals surface area contributed by atoms with E-state index in [9.17, 15) is 4.79 Å². The second kappa shape index (κ2) is 2.50. The van der Waals surface area contributed by atoms with E-state index in [0.717, 1.165) is 0 Å². The first kappa shape index (κ1) is 6.34. The number of hydrogen-bond donors (Lipinski definition) is 0. The van der Waals surface area contributed by atoms with Crippen LogP contribution in [0, 0.1) is 0 Å². The molecule has 0 radical (unpaired) electrons. The largest absolute Gasteiger partial charge is 0.383 e. The highest BCUT2D eigenvalue weighted by atomic mass is 16.1. The minimum absolute atomic E-state index is 0.0162. The van der Waals surface area contributed by atoms with Crippen LogP contribution in [0.4, 0.5) is 0 Å². The zero-order valence-electron chi connectivity index (χ0n) is 4.77. The summed E-state index contributed by atoms with van der Waals surface area (Å²) in [7, 11) is 0. The van der Waals surface area contributed by atoms with Crippen molar-refractivity contribution in [3.8, 4) is 0 Å². The van der Waals surface area contributed by atoms with Gasteiger partial charge in [-0.25, -0.2) is 4.79 Å². The molecule has 2 heteroatoms. The van der Waals surface area contributed by atoms with Gasteiger partial charge in [-0.2, -0.15) is 4.58 Å². The topological polar surface area (TPSA) is 20.1 Å². The molecule has 0 saturated heterocycles. The van der Waals surface area contributed by atoms with Gasteiger partial charge < -0.3 is 0 Å². The summed E-state index contributed by atoms with van der Waals surface area (Å²) in [6, 6.07) is 0. The molecule has 0 saturated carbocycles. The van der Waals surface area contributed by atoms with Crippen molar-refractivity contribution in [1.29, 1.82) is 0 Å². The van der Waals surface area contributed by atoms with E-state index in [2.05, 4.69) is 6.72 Å². The predicted molar refractivity (Wildman–Crippen MR) is 28.6 cm³/mol. The van der Waals surface area contributed by atoms with Crippen molar-refractivity contribution in [1.82, 2.24) is 0 Å². The van der Waals surface area contributed by atoms with Crippen molar-refractivity contribution in [3.05, 3.63) is 0 Å². The van der Waals surface area contributed by atoms with E-state index in [1.54, 1.807) is 0 Å². The lowest BCUT2D eigenvalue weighted by Gasteiger charge is -1.84. The molecule has 1 amide bonds. The molecule has 0 aromatic heterocycles. The highest BCUT2D eigenvalue weighted by Gasteiger charge is 2.00. The molecule has 0 aliphatic carbocycles. The molecule has 0 N–H and O–H groups in total. The van der Waals surface area contributed by atoms with E-state index >= 15 is 0 Å². The number of nitrogens with zero attached hydrogens (tertiary/aromatic N) is 1. The number of amides is 1. The minimum Gasteiger partial charge on any atom is -0.220 e. The van der Waals surface area contributed by atoms with Crippen molar-refractivity contribution in [2.24, 2.45) is 0 Å². The third kappa shape index (κ3) is 2.09. The Labute approximate surface area is 43.5 Å². The Morgan fingerprint density at radius 2 is 2.29 bits per heavy atom. The Hall–Kier alpha value is -0.660. The first-order valence-electron chi connectivity index (χ1n) is 2.27. The van der Waals surface area contributed by atoms with E-state index < -0.39 is 0 Å². The maximum Gasteiger partial charge on any atom is 0.383 e. The molecule has 7 heavy (non-hydrogen) atoms. The molecule has 0 heterocycles. The molecule has 0 aliphatic heterocycles. The van der Waals surface area contributed by atoms with E-state index in [4.69, 9.17) is 0 Å². The van der Waals surface area contributed by atoms with Crippen LogP contribution in [0.5, 0.6) is 0 Å². The minimum atomic E-state index is 0.0162. The van der Waals surface area contributed by atoms with Crippen LogP contribution in [0.1, 0.15) is 13.8 Å². The van der Waals surface area contributed by atoms with Gasteiger partial charge in [0.15, 0.2) is 0 Å². The van der Waals surface area contributed by atoms with Gasteiger partial charge in [-0.3, -0.25) is 0 Å². The summed E-state index contributed by atoms with van der Waals surface area (Å²) in [5.41, 5.74) is 0. The third-order valence-corrected chi connectivity index (χ3v) is 0.827. The summed E-state index contributed by atoms with van der Waals surface area (Å²) in [4.78, 5) is 10.2. The second-order valence-corrected chi connectivity index (χ2v) is 1.38. The van der Waals surface area contributed by atoms with E-state index in [0.29, 0.717) is 6.54 Å². The molecule has 0 fully saturated rings. The molecule has 0 aromatic rings. The van der Waals surface area contributed by atoms with Crippen LogP contribution in [0.2, 0.25) is 0 Å². The van der Waals surface area contributed by atoms with Crippen LogP contribution in [0.25, 0.3) is 0 Å². The second-order valence-electron chi connectivity index (χ2n) is 1.38. The van der Waals surface area contributed by atoms with E-state index in [-0.39, 0.29) is 5.91 Å². The molecule has 40 valence electrons. The molecule has 0 rings (SSSR count). The highest BCUT2D eigenvalue weighted by molar-refractivity contribution is 5.65. The zero-order valence-corrected chi connectivity index (χ0v) is 4.77. The van der Waals surface area contributed by atoms with Gasteiger partial charge in [0.1, 0.15) is 13.3 Å². The fourth-order valence-corrected chi connectivity index (χ4v) is 0.223. The maximum absolute atomic E-state index is 10.2. The van der Waals surface area contributed by atoms with Gasteiger partial charge in [-0.15, -0.1) is 0 Å². The lowest BCUT2D eigenvalue weighted by Crippen LogP contribution is -2.13. The quantitative estimate of drug-likeness (QED) is 0.342. The molecule has 0 aliphatic rings. The normalized spacial score (nSPS) is 8.29. The Morgan fingerprint density at radius 3 is 2.29 bits per heavy atom. The summed E-state index contributed by atoms with van der Waals surface area (Å²) < 4.78 is 1.40. The van der Waals surface area contributed by atoms with Gasteiger partial charge in [-0.1, -0.05) is 0 Å². The number of carbonyl (C=O) groups is 1. The monoisotopic (exact) mass is 100 g/mol. The van der Waals surface area contributed by atoms with Crippen LogP contribution in [0.3, 0.4) is 0 Å². The Morgan fingerprint density at radius 1 is 1.86 bits per heavy atom. The smallest absolute Gasteiger partial charge is 0.220 e. The van der Waals surface area contributed by atoms with Crippen molar-refractivity contribution in [2.45, 2.75) is 13.8 Å². The van der Waals surface area contributed by atoms with Crippen LogP contribution in [-0.2, 0) is 4.79 Å². The fourth-order valence-electron chi connectivity index (χ4n) is 0.223. The van der Waals surface area contributed by atoms with Gasteiger partial charge >= 0.3 is 5.91 Å².